The largest absolute Gasteiger partial charge is 0.337 e. The normalized spacial score (nSPS) is 10.3. The third-order valence-electron chi connectivity index (χ3n) is 2.20. The van der Waals surface area contributed by atoms with Crippen LogP contribution in [-0.2, 0) is 0 Å². The lowest BCUT2D eigenvalue weighted by Crippen LogP contribution is -1.99. The molecule has 0 saturated heterocycles. The summed E-state index contributed by atoms with van der Waals surface area (Å²) >= 11 is 5.61. The summed E-state index contributed by atoms with van der Waals surface area (Å²) in [4.78, 5) is 13.7. The molecule has 2 aromatic rings. The van der Waals surface area contributed by atoms with Gasteiger partial charge in [-0.1, -0.05) is 17.7 Å². The Morgan fingerprint density at radius 3 is 2.74 bits per heavy atom. The predicted octanol–water partition coefficient (Wildman–Crippen LogP) is 3.67. The lowest BCUT2D eigenvalue weighted by atomic mass is 10.3. The van der Waals surface area contributed by atoms with E-state index in [9.17, 15) is 18.9 Å². The third kappa shape index (κ3) is 2.94. The molecule has 98 valence electrons. The number of halogens is 3. The molecule has 1 heterocycles. The number of benzene rings is 1. The topological polar surface area (TPSA) is 68.1 Å². The molecule has 0 fully saturated rings. The van der Waals surface area contributed by atoms with Crippen molar-refractivity contribution in [2.45, 2.75) is 0 Å². The smallest absolute Gasteiger partial charge is 0.276 e. The van der Waals surface area contributed by atoms with E-state index in [0.29, 0.717) is 0 Å². The molecule has 1 aromatic carbocycles. The number of nitrogens with one attached hydrogen (secondary N) is 1. The maximum atomic E-state index is 13.4. The van der Waals surface area contributed by atoms with E-state index in [1.165, 1.54) is 12.1 Å². The Hall–Kier alpha value is -2.28. The molecule has 0 aliphatic carbocycles. The van der Waals surface area contributed by atoms with E-state index in [-0.39, 0.29) is 22.3 Å². The van der Waals surface area contributed by atoms with Crippen LogP contribution in [0.3, 0.4) is 0 Å². The Bertz CT molecular complexity index is 652. The van der Waals surface area contributed by atoms with Crippen LogP contribution in [0.25, 0.3) is 0 Å². The van der Waals surface area contributed by atoms with Gasteiger partial charge in [-0.15, -0.1) is 0 Å². The fourth-order valence-corrected chi connectivity index (χ4v) is 1.59. The van der Waals surface area contributed by atoms with E-state index >= 15 is 0 Å². The van der Waals surface area contributed by atoms with Gasteiger partial charge in [0.15, 0.2) is 11.6 Å². The average molecular weight is 286 g/mol. The number of nitrogens with zero attached hydrogens (tertiary/aromatic N) is 2. The summed E-state index contributed by atoms with van der Waals surface area (Å²) in [5.41, 5.74) is -0.497. The molecule has 8 heteroatoms. The highest BCUT2D eigenvalue weighted by Crippen LogP contribution is 2.25. The second-order valence-electron chi connectivity index (χ2n) is 3.52. The molecule has 0 saturated carbocycles. The number of rotatable bonds is 3. The molecule has 1 N–H and O–H groups in total. The van der Waals surface area contributed by atoms with Crippen molar-refractivity contribution in [3.05, 3.63) is 57.2 Å². The number of nitro groups is 1. The molecule has 2 rings (SSSR count). The minimum Gasteiger partial charge on any atom is -0.337 e. The van der Waals surface area contributed by atoms with E-state index < -0.39 is 16.6 Å². The Morgan fingerprint density at radius 1 is 1.32 bits per heavy atom. The van der Waals surface area contributed by atoms with Crippen molar-refractivity contribution in [2.75, 3.05) is 5.32 Å². The van der Waals surface area contributed by atoms with E-state index in [2.05, 4.69) is 10.3 Å². The van der Waals surface area contributed by atoms with E-state index in [1.54, 1.807) is 0 Å². The second kappa shape index (κ2) is 5.15. The standard InChI is InChI=1S/C11H6ClF2N3O2/c12-9-4-6(17(18)19)5-10(16-9)15-8-3-1-2-7(13)11(8)14/h1-5H,(H,15,16). The van der Waals surface area contributed by atoms with Gasteiger partial charge in [0, 0.05) is 0 Å². The minimum absolute atomic E-state index is 0.0521. The van der Waals surface area contributed by atoms with E-state index in [1.807, 2.05) is 0 Å². The van der Waals surface area contributed by atoms with Crippen molar-refractivity contribution >= 4 is 28.8 Å². The van der Waals surface area contributed by atoms with Crippen molar-refractivity contribution in [2.24, 2.45) is 0 Å². The number of pyridine rings is 1. The van der Waals surface area contributed by atoms with Crippen LogP contribution in [0.2, 0.25) is 5.15 Å². The maximum Gasteiger partial charge on any atom is 0.276 e. The van der Waals surface area contributed by atoms with Crippen LogP contribution in [0.1, 0.15) is 0 Å². The van der Waals surface area contributed by atoms with Crippen LogP contribution in [0.4, 0.5) is 26.0 Å². The van der Waals surface area contributed by atoms with Gasteiger partial charge in [0.05, 0.1) is 22.7 Å². The van der Waals surface area contributed by atoms with Crippen LogP contribution in [-0.4, -0.2) is 9.91 Å². The van der Waals surface area contributed by atoms with Gasteiger partial charge in [0.2, 0.25) is 0 Å². The van der Waals surface area contributed by atoms with Gasteiger partial charge in [-0.25, -0.2) is 13.8 Å². The summed E-state index contributed by atoms with van der Waals surface area (Å²) in [6, 6.07) is 5.63. The van der Waals surface area contributed by atoms with Crippen LogP contribution < -0.4 is 5.32 Å². The van der Waals surface area contributed by atoms with Gasteiger partial charge in [0.1, 0.15) is 11.0 Å². The Balaban J connectivity index is 2.38. The first-order valence-electron chi connectivity index (χ1n) is 5.00. The SMILES string of the molecule is O=[N+]([O-])c1cc(Cl)nc(Nc2cccc(F)c2F)c1. The molecule has 0 bridgehead atoms. The molecule has 0 aliphatic rings. The zero-order valence-corrected chi connectivity index (χ0v) is 9.99. The lowest BCUT2D eigenvalue weighted by molar-refractivity contribution is -0.384. The van der Waals surface area contributed by atoms with Gasteiger partial charge in [-0.3, -0.25) is 10.1 Å². The maximum absolute atomic E-state index is 13.4. The first kappa shape index (κ1) is 13.2. The summed E-state index contributed by atoms with van der Waals surface area (Å²) < 4.78 is 26.4. The van der Waals surface area contributed by atoms with Gasteiger partial charge >= 0.3 is 0 Å². The molecule has 5 nitrogen and oxygen atoms in total. The molecule has 0 atom stereocenters. The third-order valence-corrected chi connectivity index (χ3v) is 2.40. The summed E-state index contributed by atoms with van der Waals surface area (Å²) in [6.07, 6.45) is 0. The number of aromatic nitrogens is 1. The first-order chi connectivity index (χ1) is 8.97. The first-order valence-corrected chi connectivity index (χ1v) is 5.38. The van der Waals surface area contributed by atoms with Crippen LogP contribution in [0.5, 0.6) is 0 Å². The van der Waals surface area contributed by atoms with Gasteiger partial charge in [0.25, 0.3) is 5.69 Å². The zero-order chi connectivity index (χ0) is 14.0. The highest BCUT2D eigenvalue weighted by molar-refractivity contribution is 6.29. The summed E-state index contributed by atoms with van der Waals surface area (Å²) in [7, 11) is 0. The molecular formula is C11H6ClF2N3O2. The fourth-order valence-electron chi connectivity index (χ4n) is 1.39. The highest BCUT2D eigenvalue weighted by Gasteiger charge is 2.13. The van der Waals surface area contributed by atoms with Crippen molar-refractivity contribution < 1.29 is 13.7 Å². The Kier molecular flexibility index (Phi) is 3.57. The molecule has 1 aromatic heterocycles. The molecule has 0 unspecified atom stereocenters. The van der Waals surface area contributed by atoms with E-state index in [0.717, 1.165) is 18.2 Å². The number of anilines is 2. The highest BCUT2D eigenvalue weighted by atomic mass is 35.5. The molecule has 0 aliphatic heterocycles. The van der Waals surface area contributed by atoms with Crippen LogP contribution >= 0.6 is 11.6 Å². The van der Waals surface area contributed by atoms with Crippen LogP contribution in [0, 0.1) is 21.7 Å². The minimum atomic E-state index is -1.10. The van der Waals surface area contributed by atoms with Crippen LogP contribution in [0.15, 0.2) is 30.3 Å². The number of hydrogen-bond acceptors (Lipinski definition) is 4. The van der Waals surface area contributed by atoms with Gasteiger partial charge in [-0.05, 0) is 12.1 Å². The summed E-state index contributed by atoms with van der Waals surface area (Å²) in [5, 5.41) is 12.9. The lowest BCUT2D eigenvalue weighted by Gasteiger charge is -2.07. The average Bonchev–Trinajstić information content (AvgIpc) is 2.34. The summed E-state index contributed by atoms with van der Waals surface area (Å²) in [6.45, 7) is 0. The molecule has 0 radical (unpaired) electrons. The molecule has 19 heavy (non-hydrogen) atoms. The quantitative estimate of drug-likeness (QED) is 0.531. The molecular weight excluding hydrogens is 280 g/mol. The molecule has 0 amide bonds. The summed E-state index contributed by atoms with van der Waals surface area (Å²) in [5.74, 6) is -2.20. The number of hydrogen-bond donors (Lipinski definition) is 1. The predicted molar refractivity (Wildman–Crippen MR) is 65.5 cm³/mol. The zero-order valence-electron chi connectivity index (χ0n) is 9.23. The van der Waals surface area contributed by atoms with Gasteiger partial charge in [-0.2, -0.15) is 0 Å². The van der Waals surface area contributed by atoms with Crippen molar-refractivity contribution in [1.82, 2.24) is 4.98 Å². The van der Waals surface area contributed by atoms with Crippen molar-refractivity contribution in [1.29, 1.82) is 0 Å². The van der Waals surface area contributed by atoms with E-state index in [4.69, 9.17) is 11.6 Å². The fraction of sp³-hybridized carbons (Fsp3) is 0. The Labute approximate surface area is 111 Å². The molecule has 0 spiro atoms. The Morgan fingerprint density at radius 2 is 2.05 bits per heavy atom. The van der Waals surface area contributed by atoms with Gasteiger partial charge < -0.3 is 5.32 Å². The second-order valence-corrected chi connectivity index (χ2v) is 3.90. The van der Waals surface area contributed by atoms with Crippen molar-refractivity contribution in [3.63, 3.8) is 0 Å². The van der Waals surface area contributed by atoms with Crippen molar-refractivity contribution in [3.8, 4) is 0 Å². The monoisotopic (exact) mass is 285 g/mol.